The lowest BCUT2D eigenvalue weighted by Crippen LogP contribution is -2.53. The molecule has 0 saturated heterocycles. The van der Waals surface area contributed by atoms with Crippen LogP contribution in [0.15, 0.2) is 47.5 Å². The Morgan fingerprint density at radius 3 is 2.46 bits per heavy atom. The van der Waals surface area contributed by atoms with Crippen molar-refractivity contribution in [2.45, 2.75) is 19.2 Å². The molecule has 0 bridgehead atoms. The van der Waals surface area contributed by atoms with Gasteiger partial charge in [-0.1, -0.05) is 12.1 Å². The van der Waals surface area contributed by atoms with Gasteiger partial charge < -0.3 is 21.1 Å². The molecular weight excluding hydrogens is 314 g/mol. The van der Waals surface area contributed by atoms with Gasteiger partial charge in [0.25, 0.3) is 0 Å². The number of anilines is 2. The molecule has 24 heavy (non-hydrogen) atoms. The maximum atomic E-state index is 12.3. The minimum atomic E-state index is -2.84. The zero-order chi connectivity index (χ0) is 17.3. The summed E-state index contributed by atoms with van der Waals surface area (Å²) in [5.41, 5.74) is 8.47. The maximum Gasteiger partial charge on any atom is 0.387 e. The molecule has 7 heteroatoms. The van der Waals surface area contributed by atoms with Crippen molar-refractivity contribution in [3.8, 4) is 5.75 Å². The van der Waals surface area contributed by atoms with E-state index in [2.05, 4.69) is 20.4 Å². The fourth-order valence-corrected chi connectivity index (χ4v) is 2.76. The van der Waals surface area contributed by atoms with Crippen molar-refractivity contribution in [2.24, 2.45) is 4.99 Å². The Hall–Kier alpha value is -2.83. The smallest absolute Gasteiger partial charge is 0.387 e. The number of nitrogens with two attached hydrogens (primary N) is 1. The molecule has 126 valence electrons. The molecule has 1 atom stereocenters. The van der Waals surface area contributed by atoms with E-state index in [9.17, 15) is 8.78 Å². The fraction of sp³-hybridized carbons (Fsp3) is 0.235. The molecular formula is C17H18F2N4O. The third-order valence-electron chi connectivity index (χ3n) is 3.93. The summed E-state index contributed by atoms with van der Waals surface area (Å²) in [6.45, 7) is -0.894. The molecule has 3 rings (SSSR count). The van der Waals surface area contributed by atoms with E-state index in [1.807, 2.05) is 25.1 Å². The summed E-state index contributed by atoms with van der Waals surface area (Å²) in [6, 6.07) is 12.0. The fourth-order valence-electron chi connectivity index (χ4n) is 2.76. The van der Waals surface area contributed by atoms with Gasteiger partial charge in [0, 0.05) is 24.0 Å². The molecule has 0 aromatic heterocycles. The van der Waals surface area contributed by atoms with E-state index in [-0.39, 0.29) is 5.75 Å². The van der Waals surface area contributed by atoms with Crippen LogP contribution >= 0.6 is 0 Å². The summed E-state index contributed by atoms with van der Waals surface area (Å²) in [4.78, 5) is 4.29. The van der Waals surface area contributed by atoms with E-state index in [0.29, 0.717) is 11.5 Å². The summed E-state index contributed by atoms with van der Waals surface area (Å²) in [6.07, 6.45) is 0. The Bertz CT molecular complexity index is 777. The molecule has 4 N–H and O–H groups in total. The van der Waals surface area contributed by atoms with Crippen molar-refractivity contribution < 1.29 is 13.5 Å². The molecule has 0 radical (unpaired) electrons. The van der Waals surface area contributed by atoms with Crippen molar-refractivity contribution in [3.05, 3.63) is 53.6 Å². The van der Waals surface area contributed by atoms with Gasteiger partial charge in [0.1, 0.15) is 17.2 Å². The van der Waals surface area contributed by atoms with Gasteiger partial charge >= 0.3 is 6.61 Å². The van der Waals surface area contributed by atoms with Gasteiger partial charge in [-0.3, -0.25) is 4.99 Å². The van der Waals surface area contributed by atoms with Crippen LogP contribution in [-0.4, -0.2) is 19.5 Å². The minimum Gasteiger partial charge on any atom is -0.435 e. The van der Waals surface area contributed by atoms with Gasteiger partial charge in [-0.15, -0.1) is 0 Å². The standard InChI is InChI=1S/C17H18F2N4O/c1-17(10-3-6-12(7-4-10)24-16(18)19)22-14-8-5-11(20)9-13(14)15(21-2)23-17/h3-9,16,22H,20H2,1-2H3,(H,21,23). The molecule has 2 aromatic rings. The van der Waals surface area contributed by atoms with E-state index < -0.39 is 12.3 Å². The predicted molar refractivity (Wildman–Crippen MR) is 90.5 cm³/mol. The number of rotatable bonds is 3. The van der Waals surface area contributed by atoms with E-state index >= 15 is 0 Å². The summed E-state index contributed by atoms with van der Waals surface area (Å²) >= 11 is 0. The van der Waals surface area contributed by atoms with Crippen LogP contribution in [0.3, 0.4) is 0 Å². The number of ether oxygens (including phenoxy) is 1. The number of nitrogens with zero attached hydrogens (tertiary/aromatic N) is 1. The predicted octanol–water partition coefficient (Wildman–Crippen LogP) is 3.13. The van der Waals surface area contributed by atoms with E-state index in [0.717, 1.165) is 16.8 Å². The number of benzene rings is 2. The molecule has 1 aliphatic heterocycles. The van der Waals surface area contributed by atoms with Crippen LogP contribution in [0.2, 0.25) is 0 Å². The van der Waals surface area contributed by atoms with Crippen LogP contribution in [0, 0.1) is 0 Å². The highest BCUT2D eigenvalue weighted by Crippen LogP contribution is 2.33. The Morgan fingerprint density at radius 2 is 1.83 bits per heavy atom. The second kappa shape index (κ2) is 5.99. The SMILES string of the molecule is CN=C1NC(C)(c2ccc(OC(F)F)cc2)Nc2ccc(N)cc21. The second-order valence-electron chi connectivity index (χ2n) is 5.66. The lowest BCUT2D eigenvalue weighted by Gasteiger charge is -2.39. The molecule has 2 aromatic carbocycles. The largest absolute Gasteiger partial charge is 0.435 e. The quantitative estimate of drug-likeness (QED) is 0.755. The highest BCUT2D eigenvalue weighted by Gasteiger charge is 2.33. The second-order valence-corrected chi connectivity index (χ2v) is 5.66. The minimum absolute atomic E-state index is 0.116. The van der Waals surface area contributed by atoms with Crippen LogP contribution in [0.4, 0.5) is 20.2 Å². The Kier molecular flexibility index (Phi) is 4.01. The zero-order valence-electron chi connectivity index (χ0n) is 13.3. The van der Waals surface area contributed by atoms with Gasteiger partial charge in [-0.25, -0.2) is 0 Å². The van der Waals surface area contributed by atoms with Crippen molar-refractivity contribution in [1.29, 1.82) is 0 Å². The van der Waals surface area contributed by atoms with Crippen molar-refractivity contribution in [3.63, 3.8) is 0 Å². The number of alkyl halides is 2. The first-order valence-corrected chi connectivity index (χ1v) is 7.40. The Morgan fingerprint density at radius 1 is 1.12 bits per heavy atom. The maximum absolute atomic E-state index is 12.3. The average Bonchev–Trinajstić information content (AvgIpc) is 2.54. The number of halogens is 2. The van der Waals surface area contributed by atoms with Gasteiger partial charge in [-0.05, 0) is 42.8 Å². The zero-order valence-corrected chi connectivity index (χ0v) is 13.3. The molecule has 1 aliphatic rings. The molecule has 1 heterocycles. The Balaban J connectivity index is 1.95. The lowest BCUT2D eigenvalue weighted by molar-refractivity contribution is -0.0498. The van der Waals surface area contributed by atoms with Gasteiger partial charge in [0.05, 0.1) is 0 Å². The molecule has 0 saturated carbocycles. The summed E-state index contributed by atoms with van der Waals surface area (Å²) in [5.74, 6) is 0.817. The highest BCUT2D eigenvalue weighted by atomic mass is 19.3. The first-order valence-electron chi connectivity index (χ1n) is 7.40. The third kappa shape index (κ3) is 2.97. The first kappa shape index (κ1) is 16.0. The number of hydrogen-bond acceptors (Lipinski definition) is 4. The van der Waals surface area contributed by atoms with E-state index in [1.54, 1.807) is 19.2 Å². The molecule has 0 aliphatic carbocycles. The summed E-state index contributed by atoms with van der Waals surface area (Å²) in [7, 11) is 1.70. The molecule has 5 nitrogen and oxygen atoms in total. The number of nitrogens with one attached hydrogen (secondary N) is 2. The molecule has 0 fully saturated rings. The van der Waals surface area contributed by atoms with Crippen LogP contribution in [-0.2, 0) is 5.66 Å². The molecule has 0 amide bonds. The van der Waals surface area contributed by atoms with Gasteiger partial charge in [-0.2, -0.15) is 8.78 Å². The average molecular weight is 332 g/mol. The van der Waals surface area contributed by atoms with Gasteiger partial charge in [0.15, 0.2) is 0 Å². The van der Waals surface area contributed by atoms with E-state index in [4.69, 9.17) is 5.73 Å². The molecule has 0 spiro atoms. The highest BCUT2D eigenvalue weighted by molar-refractivity contribution is 6.06. The first-order chi connectivity index (χ1) is 11.4. The number of fused-ring (bicyclic) bond motifs is 1. The van der Waals surface area contributed by atoms with Crippen LogP contribution in [0.1, 0.15) is 18.1 Å². The van der Waals surface area contributed by atoms with Crippen molar-refractivity contribution in [2.75, 3.05) is 18.1 Å². The van der Waals surface area contributed by atoms with Crippen LogP contribution in [0.5, 0.6) is 5.75 Å². The normalized spacial score (nSPS) is 21.1. The summed E-state index contributed by atoms with van der Waals surface area (Å²) in [5, 5.41) is 6.74. The third-order valence-corrected chi connectivity index (χ3v) is 3.93. The van der Waals surface area contributed by atoms with Crippen LogP contribution < -0.4 is 21.1 Å². The van der Waals surface area contributed by atoms with Gasteiger partial charge in [0.2, 0.25) is 0 Å². The number of aliphatic imine (C=N–C) groups is 1. The van der Waals surface area contributed by atoms with Crippen LogP contribution in [0.25, 0.3) is 0 Å². The monoisotopic (exact) mass is 332 g/mol. The summed E-state index contributed by atoms with van der Waals surface area (Å²) < 4.78 is 28.9. The van der Waals surface area contributed by atoms with E-state index in [1.165, 1.54) is 12.1 Å². The number of hydrogen-bond donors (Lipinski definition) is 3. The molecule has 1 unspecified atom stereocenters. The number of nitrogen functional groups attached to an aromatic ring is 1. The lowest BCUT2D eigenvalue weighted by atomic mass is 9.95. The van der Waals surface area contributed by atoms with Crippen molar-refractivity contribution >= 4 is 17.2 Å². The number of amidine groups is 1. The topological polar surface area (TPSA) is 71.7 Å². The van der Waals surface area contributed by atoms with Crippen molar-refractivity contribution in [1.82, 2.24) is 5.32 Å². The Labute approximate surface area is 138 Å².